The molecule has 0 aliphatic rings. The zero-order valence-corrected chi connectivity index (χ0v) is 31.5. The molecule has 0 aromatic heterocycles. The van der Waals surface area contributed by atoms with Gasteiger partial charge in [0.2, 0.25) is 0 Å². The van der Waals surface area contributed by atoms with E-state index in [4.69, 9.17) is 19.3 Å². The lowest BCUT2D eigenvalue weighted by molar-refractivity contribution is -0.139. The van der Waals surface area contributed by atoms with Crippen molar-refractivity contribution in [3.05, 3.63) is 78.4 Å². The van der Waals surface area contributed by atoms with E-state index in [0.717, 1.165) is 6.42 Å². The number of ether oxygens (including phenoxy) is 3. The number of sulfonamides is 1. The fraction of sp³-hybridized carbons (Fsp3) is 0.361. The lowest BCUT2D eigenvalue weighted by atomic mass is 10.0. The summed E-state index contributed by atoms with van der Waals surface area (Å²) in [5, 5.41) is 33.8. The first kappa shape index (κ1) is 44.4. The summed E-state index contributed by atoms with van der Waals surface area (Å²) in [6.07, 6.45) is 0.148. The van der Waals surface area contributed by atoms with E-state index in [2.05, 4.69) is 36.6 Å². The molecule has 3 aromatic rings. The fourth-order valence-electron chi connectivity index (χ4n) is 4.69. The van der Waals surface area contributed by atoms with Crippen LogP contribution in [0.2, 0.25) is 0 Å². The van der Waals surface area contributed by atoms with Crippen molar-refractivity contribution in [1.82, 2.24) is 16.0 Å². The highest BCUT2D eigenvalue weighted by atomic mass is 32.2. The molecule has 0 aliphatic heterocycles. The molecule has 304 valence electrons. The standard InChI is InChI=1S/C36H47N7O12S/c1-2-14-37-34(48)41-28-6-4-8-30(23-28)56(51,52)43-29-7-3-5-25(22-29)31(24-33(46)47)42-36(50)40-27-11-9-26(10-12-27)39-35(49)38-15-17-54-19-21-55-20-18-53-16-13-32(44)45/h3-12,22-23,31,43H,2,13-21,24H2,1H3,(H,44,45)(H,46,47)(H2,37,41,48)(H2,38,39,49)(H2,40,42,50)/t31-/m1/s1. The molecule has 0 fully saturated rings. The number of anilines is 4. The predicted molar refractivity (Wildman–Crippen MR) is 206 cm³/mol. The third-order valence-electron chi connectivity index (χ3n) is 7.30. The van der Waals surface area contributed by atoms with Gasteiger partial charge in [0.15, 0.2) is 0 Å². The minimum Gasteiger partial charge on any atom is -0.481 e. The number of carbonyl (C=O) groups excluding carboxylic acids is 3. The summed E-state index contributed by atoms with van der Waals surface area (Å²) in [5.74, 6) is -2.14. The largest absolute Gasteiger partial charge is 0.481 e. The van der Waals surface area contributed by atoms with Crippen LogP contribution in [-0.4, -0.2) is 101 Å². The van der Waals surface area contributed by atoms with Crippen LogP contribution in [0.4, 0.5) is 37.1 Å². The molecule has 0 heterocycles. The molecule has 19 nitrogen and oxygen atoms in total. The zero-order chi connectivity index (χ0) is 40.8. The summed E-state index contributed by atoms with van der Waals surface area (Å²) >= 11 is 0. The van der Waals surface area contributed by atoms with Crippen LogP contribution in [0.25, 0.3) is 0 Å². The number of nitrogens with one attached hydrogen (secondary N) is 7. The molecule has 0 unspecified atom stereocenters. The Morgan fingerprint density at radius 1 is 0.625 bits per heavy atom. The van der Waals surface area contributed by atoms with Crippen molar-refractivity contribution in [1.29, 1.82) is 0 Å². The van der Waals surface area contributed by atoms with E-state index in [1.54, 1.807) is 24.3 Å². The molecule has 1 atom stereocenters. The molecule has 0 aliphatic carbocycles. The monoisotopic (exact) mass is 801 g/mol. The summed E-state index contributed by atoms with van der Waals surface area (Å²) < 4.78 is 44.7. The maximum absolute atomic E-state index is 13.2. The predicted octanol–water partition coefficient (Wildman–Crippen LogP) is 4.00. The number of carbonyl (C=O) groups is 5. The maximum Gasteiger partial charge on any atom is 0.319 e. The van der Waals surface area contributed by atoms with E-state index in [1.165, 1.54) is 48.5 Å². The van der Waals surface area contributed by atoms with Gasteiger partial charge < -0.3 is 56.3 Å². The van der Waals surface area contributed by atoms with Crippen molar-refractivity contribution in [2.45, 2.75) is 37.1 Å². The molecule has 3 rings (SSSR count). The fourth-order valence-corrected chi connectivity index (χ4v) is 5.79. The van der Waals surface area contributed by atoms with Gasteiger partial charge in [0, 0.05) is 35.8 Å². The number of benzene rings is 3. The molecule has 20 heteroatoms. The smallest absolute Gasteiger partial charge is 0.319 e. The molecule has 0 radical (unpaired) electrons. The number of urea groups is 3. The summed E-state index contributed by atoms with van der Waals surface area (Å²) in [4.78, 5) is 59.2. The normalized spacial score (nSPS) is 11.4. The van der Waals surface area contributed by atoms with E-state index in [9.17, 15) is 37.5 Å². The van der Waals surface area contributed by atoms with Gasteiger partial charge in [0.05, 0.1) is 63.4 Å². The van der Waals surface area contributed by atoms with E-state index >= 15 is 0 Å². The second-order valence-electron chi connectivity index (χ2n) is 11.8. The van der Waals surface area contributed by atoms with Crippen molar-refractivity contribution in [2.75, 3.05) is 73.4 Å². The Labute approximate surface area is 323 Å². The van der Waals surface area contributed by atoms with Gasteiger partial charge in [-0.2, -0.15) is 0 Å². The average Bonchev–Trinajstić information content (AvgIpc) is 3.14. The molecule has 6 amide bonds. The van der Waals surface area contributed by atoms with Crippen LogP contribution in [0.3, 0.4) is 0 Å². The molecule has 0 bridgehead atoms. The Morgan fingerprint density at radius 2 is 1.18 bits per heavy atom. The van der Waals surface area contributed by atoms with Gasteiger partial charge in [-0.05, 0) is 66.6 Å². The van der Waals surface area contributed by atoms with Crippen LogP contribution < -0.4 is 36.6 Å². The van der Waals surface area contributed by atoms with E-state index in [1.807, 2.05) is 6.92 Å². The SMILES string of the molecule is CCCNC(=O)Nc1cccc(S(=O)(=O)Nc2cccc([C@@H](CC(=O)O)NC(=O)Nc3ccc(NC(=O)NCCOCCOCCOCCC(=O)O)cc3)c2)c1. The number of carboxylic acids is 2. The van der Waals surface area contributed by atoms with Crippen molar-refractivity contribution in [3.8, 4) is 0 Å². The van der Waals surface area contributed by atoms with Crippen LogP contribution in [0.15, 0.2) is 77.7 Å². The molecular weight excluding hydrogens is 754 g/mol. The highest BCUT2D eigenvalue weighted by Crippen LogP contribution is 2.24. The lowest BCUT2D eigenvalue weighted by Gasteiger charge is -2.19. The Bertz CT molecular complexity index is 1860. The summed E-state index contributed by atoms with van der Waals surface area (Å²) in [5.41, 5.74) is 1.45. The Hall–Kier alpha value is -5.96. The van der Waals surface area contributed by atoms with E-state index < -0.39 is 52.5 Å². The van der Waals surface area contributed by atoms with Crippen LogP contribution in [0.1, 0.15) is 37.8 Å². The summed E-state index contributed by atoms with van der Waals surface area (Å²) in [7, 11) is -4.14. The lowest BCUT2D eigenvalue weighted by Crippen LogP contribution is -2.34. The molecule has 0 saturated carbocycles. The Morgan fingerprint density at radius 3 is 1.80 bits per heavy atom. The van der Waals surface area contributed by atoms with Gasteiger partial charge in [-0.25, -0.2) is 22.8 Å². The highest BCUT2D eigenvalue weighted by molar-refractivity contribution is 7.92. The van der Waals surface area contributed by atoms with Gasteiger partial charge in [0.25, 0.3) is 10.0 Å². The minimum atomic E-state index is -4.14. The Kier molecular flexibility index (Phi) is 18.8. The molecule has 0 saturated heterocycles. The molecular formula is C36H47N7O12S. The van der Waals surface area contributed by atoms with Crippen LogP contribution in [-0.2, 0) is 33.8 Å². The number of amides is 6. The number of aliphatic carboxylic acids is 2. The second-order valence-corrected chi connectivity index (χ2v) is 13.5. The van der Waals surface area contributed by atoms with Gasteiger partial charge in [-0.3, -0.25) is 14.3 Å². The third kappa shape index (κ3) is 17.5. The van der Waals surface area contributed by atoms with E-state index in [0.29, 0.717) is 43.3 Å². The van der Waals surface area contributed by atoms with Crippen molar-refractivity contribution in [3.63, 3.8) is 0 Å². The van der Waals surface area contributed by atoms with Crippen molar-refractivity contribution >= 4 is 62.8 Å². The third-order valence-corrected chi connectivity index (χ3v) is 8.68. The average molecular weight is 802 g/mol. The Balaban J connectivity index is 1.46. The number of hydrogen-bond acceptors (Lipinski definition) is 10. The highest BCUT2D eigenvalue weighted by Gasteiger charge is 2.21. The molecule has 0 spiro atoms. The van der Waals surface area contributed by atoms with Gasteiger partial charge in [0.1, 0.15) is 0 Å². The van der Waals surface area contributed by atoms with Crippen molar-refractivity contribution in [2.24, 2.45) is 0 Å². The molecule has 56 heavy (non-hydrogen) atoms. The van der Waals surface area contributed by atoms with Crippen LogP contribution in [0, 0.1) is 0 Å². The second kappa shape index (κ2) is 23.7. The summed E-state index contributed by atoms with van der Waals surface area (Å²) in [6.45, 7) is 4.11. The summed E-state index contributed by atoms with van der Waals surface area (Å²) in [6, 6.07) is 15.0. The zero-order valence-electron chi connectivity index (χ0n) is 30.7. The first-order valence-electron chi connectivity index (χ1n) is 17.5. The van der Waals surface area contributed by atoms with Gasteiger partial charge in [-0.15, -0.1) is 0 Å². The quantitative estimate of drug-likeness (QED) is 0.0582. The van der Waals surface area contributed by atoms with Gasteiger partial charge >= 0.3 is 30.0 Å². The topological polar surface area (TPSA) is 272 Å². The first-order valence-corrected chi connectivity index (χ1v) is 19.0. The van der Waals surface area contributed by atoms with Crippen LogP contribution >= 0.6 is 0 Å². The van der Waals surface area contributed by atoms with Gasteiger partial charge in [-0.1, -0.05) is 25.1 Å². The number of hydrogen-bond donors (Lipinski definition) is 9. The minimum absolute atomic E-state index is 0.0676. The maximum atomic E-state index is 13.2. The molecule has 9 N–H and O–H groups in total. The van der Waals surface area contributed by atoms with E-state index in [-0.39, 0.29) is 49.1 Å². The van der Waals surface area contributed by atoms with Crippen LogP contribution in [0.5, 0.6) is 0 Å². The number of rotatable bonds is 24. The van der Waals surface area contributed by atoms with Crippen molar-refractivity contribution < 1.29 is 56.8 Å². The first-order chi connectivity index (χ1) is 26.8. The molecule has 3 aromatic carbocycles. The number of carboxylic acid groups (broad SMARTS) is 2.